The van der Waals surface area contributed by atoms with E-state index in [1.807, 2.05) is 38.1 Å². The number of carboxylic acid groups (broad SMARTS) is 1. The standard InChI is InChI=1S/C15H11BrN2O2.C15H16Cl3N3O2/c1-9-2-5-11(6-3-9)18-13-8-10(15(19)20)4-7-12(13)14(16)17-18;1-2-4-20(15(22)21-5-3-19-10-21)6-7-23-14-12(17)8-11(16)9-13(14)18/h2-8H,1H3,(H,19,20);3,5,8-10H,2,4,6-7H2,1H3. The Morgan fingerprint density at radius 2 is 1.72 bits per heavy atom. The lowest BCUT2D eigenvalue weighted by Gasteiger charge is -2.22. The zero-order valence-corrected chi connectivity index (χ0v) is 27.0. The lowest BCUT2D eigenvalue weighted by atomic mass is 10.1. The van der Waals surface area contributed by atoms with Crippen molar-refractivity contribution in [2.75, 3.05) is 19.7 Å². The largest absolute Gasteiger partial charge is 0.489 e. The van der Waals surface area contributed by atoms with Gasteiger partial charge in [0.2, 0.25) is 0 Å². The number of aryl methyl sites for hydroxylation is 1. The zero-order chi connectivity index (χ0) is 31.1. The monoisotopic (exact) mass is 705 g/mol. The fourth-order valence-electron chi connectivity index (χ4n) is 4.13. The summed E-state index contributed by atoms with van der Waals surface area (Å²) in [6.45, 7) is 5.30. The molecule has 0 saturated heterocycles. The summed E-state index contributed by atoms with van der Waals surface area (Å²) in [5, 5.41) is 15.5. The molecule has 3 aromatic carbocycles. The van der Waals surface area contributed by atoms with E-state index in [9.17, 15) is 9.59 Å². The van der Waals surface area contributed by atoms with Crippen molar-refractivity contribution in [1.29, 1.82) is 0 Å². The van der Waals surface area contributed by atoms with Crippen LogP contribution in [0.3, 0.4) is 0 Å². The molecule has 0 aliphatic carbocycles. The molecule has 0 aliphatic rings. The number of halogens is 4. The molecule has 0 fully saturated rings. The van der Waals surface area contributed by atoms with Gasteiger partial charge in [0.15, 0.2) is 5.75 Å². The molecule has 2 aromatic heterocycles. The van der Waals surface area contributed by atoms with Gasteiger partial charge < -0.3 is 14.7 Å². The highest BCUT2D eigenvalue weighted by molar-refractivity contribution is 9.10. The maximum Gasteiger partial charge on any atom is 0.335 e. The van der Waals surface area contributed by atoms with Crippen molar-refractivity contribution in [2.45, 2.75) is 20.3 Å². The van der Waals surface area contributed by atoms with E-state index in [2.05, 4.69) is 26.0 Å². The minimum absolute atomic E-state index is 0.152. The molecule has 0 atom stereocenters. The topological polar surface area (TPSA) is 102 Å². The molecular weight excluding hydrogens is 681 g/mol. The van der Waals surface area contributed by atoms with Gasteiger partial charge in [0.1, 0.15) is 17.5 Å². The van der Waals surface area contributed by atoms with Crippen LogP contribution in [0.4, 0.5) is 4.79 Å². The minimum Gasteiger partial charge on any atom is -0.489 e. The van der Waals surface area contributed by atoms with Crippen molar-refractivity contribution < 1.29 is 19.4 Å². The summed E-state index contributed by atoms with van der Waals surface area (Å²) in [5.74, 6) is -0.580. The first-order valence-electron chi connectivity index (χ1n) is 13.1. The van der Waals surface area contributed by atoms with E-state index in [-0.39, 0.29) is 18.2 Å². The maximum absolute atomic E-state index is 12.3. The maximum atomic E-state index is 12.3. The number of aromatic carboxylic acids is 1. The number of carbonyl (C=O) groups is 2. The lowest BCUT2D eigenvalue weighted by molar-refractivity contribution is 0.0697. The van der Waals surface area contributed by atoms with Gasteiger partial charge in [-0.2, -0.15) is 5.10 Å². The summed E-state index contributed by atoms with van der Waals surface area (Å²) in [5.41, 5.74) is 3.07. The lowest BCUT2D eigenvalue weighted by Crippen LogP contribution is -2.37. The molecule has 2 heterocycles. The predicted molar refractivity (Wildman–Crippen MR) is 172 cm³/mol. The van der Waals surface area contributed by atoms with Gasteiger partial charge >= 0.3 is 12.0 Å². The van der Waals surface area contributed by atoms with Crippen LogP contribution in [0.2, 0.25) is 15.1 Å². The number of aromatic nitrogens is 4. The Hall–Kier alpha value is -3.57. The number of imidazole rings is 1. The Kier molecular flexibility index (Phi) is 11.1. The third-order valence-electron chi connectivity index (χ3n) is 6.22. The van der Waals surface area contributed by atoms with Crippen LogP contribution in [-0.4, -0.2) is 61.0 Å². The summed E-state index contributed by atoms with van der Waals surface area (Å²) in [7, 11) is 0. The third kappa shape index (κ3) is 8.08. The van der Waals surface area contributed by atoms with E-state index < -0.39 is 5.97 Å². The first kappa shape index (κ1) is 32.3. The molecule has 224 valence electrons. The number of fused-ring (bicyclic) bond motifs is 1. The summed E-state index contributed by atoms with van der Waals surface area (Å²) in [6, 6.07) is 15.9. The van der Waals surface area contributed by atoms with Crippen molar-refractivity contribution in [3.05, 3.63) is 104 Å². The smallest absolute Gasteiger partial charge is 0.335 e. The van der Waals surface area contributed by atoms with Crippen LogP contribution in [0.15, 0.2) is 77.9 Å². The van der Waals surface area contributed by atoms with Crippen LogP contribution in [0.1, 0.15) is 29.3 Å². The fraction of sp³-hybridized carbons (Fsp3) is 0.200. The second-order valence-electron chi connectivity index (χ2n) is 9.36. The van der Waals surface area contributed by atoms with Gasteiger partial charge in [-0.1, -0.05) is 59.4 Å². The quantitative estimate of drug-likeness (QED) is 0.174. The average molecular weight is 708 g/mol. The summed E-state index contributed by atoms with van der Waals surface area (Å²) in [4.78, 5) is 29.0. The van der Waals surface area contributed by atoms with E-state index in [0.717, 1.165) is 28.6 Å². The van der Waals surface area contributed by atoms with Crippen LogP contribution in [-0.2, 0) is 0 Å². The highest BCUT2D eigenvalue weighted by Crippen LogP contribution is 2.35. The van der Waals surface area contributed by atoms with E-state index in [0.29, 0.717) is 38.5 Å². The molecular formula is C30H27BrCl3N5O4. The minimum atomic E-state index is -0.945. The molecule has 9 nitrogen and oxygen atoms in total. The van der Waals surface area contributed by atoms with Crippen LogP contribution in [0.25, 0.3) is 16.6 Å². The van der Waals surface area contributed by atoms with E-state index in [1.165, 1.54) is 10.9 Å². The number of amides is 1. The first-order chi connectivity index (χ1) is 20.6. The molecule has 13 heteroatoms. The molecule has 0 aliphatic heterocycles. The van der Waals surface area contributed by atoms with Gasteiger partial charge in [0, 0.05) is 29.3 Å². The van der Waals surface area contributed by atoms with Crippen LogP contribution in [0.5, 0.6) is 5.75 Å². The Balaban J connectivity index is 0.000000198. The molecule has 5 aromatic rings. The van der Waals surface area contributed by atoms with Crippen LogP contribution >= 0.6 is 50.7 Å². The Bertz CT molecular complexity index is 1700. The zero-order valence-electron chi connectivity index (χ0n) is 23.2. The van der Waals surface area contributed by atoms with Crippen molar-refractivity contribution in [2.24, 2.45) is 0 Å². The molecule has 1 N–H and O–H groups in total. The number of nitrogens with zero attached hydrogens (tertiary/aromatic N) is 5. The number of ether oxygens (including phenoxy) is 1. The molecule has 1 amide bonds. The molecule has 0 spiro atoms. The van der Waals surface area contributed by atoms with Crippen molar-refractivity contribution in [1.82, 2.24) is 24.2 Å². The molecule has 43 heavy (non-hydrogen) atoms. The third-order valence-corrected chi connectivity index (χ3v) is 7.59. The molecule has 5 rings (SSSR count). The SMILES string of the molecule is CCCN(CCOc1c(Cl)cc(Cl)cc1Cl)C(=O)n1ccnc1.Cc1ccc(-n2nc(Br)c3ccc(C(=O)O)cc32)cc1. The van der Waals surface area contributed by atoms with Crippen molar-refractivity contribution in [3.8, 4) is 11.4 Å². The van der Waals surface area contributed by atoms with Crippen molar-refractivity contribution in [3.63, 3.8) is 0 Å². The number of carbonyl (C=O) groups excluding carboxylic acids is 1. The molecule has 0 saturated carbocycles. The number of hydrogen-bond donors (Lipinski definition) is 1. The number of hydrogen-bond acceptors (Lipinski definition) is 5. The van der Waals surface area contributed by atoms with Gasteiger partial charge in [0.25, 0.3) is 0 Å². The summed E-state index contributed by atoms with van der Waals surface area (Å²) < 4.78 is 9.49. The first-order valence-corrected chi connectivity index (χ1v) is 15.0. The highest BCUT2D eigenvalue weighted by atomic mass is 79.9. The summed E-state index contributed by atoms with van der Waals surface area (Å²) in [6.07, 6.45) is 5.48. The number of carboxylic acids is 1. The van der Waals surface area contributed by atoms with Crippen LogP contribution in [0, 0.1) is 6.92 Å². The second-order valence-corrected chi connectivity index (χ2v) is 11.4. The Labute approximate surface area is 271 Å². The van der Waals surface area contributed by atoms with E-state index in [4.69, 9.17) is 44.6 Å². The van der Waals surface area contributed by atoms with Gasteiger partial charge in [-0.3, -0.25) is 4.57 Å². The number of rotatable bonds is 8. The van der Waals surface area contributed by atoms with Crippen molar-refractivity contribution >= 4 is 73.6 Å². The van der Waals surface area contributed by atoms with Gasteiger partial charge in [-0.05, 0) is 71.7 Å². The van der Waals surface area contributed by atoms with Gasteiger partial charge in [-0.25, -0.2) is 19.3 Å². The Morgan fingerprint density at radius 3 is 2.33 bits per heavy atom. The summed E-state index contributed by atoms with van der Waals surface area (Å²) >= 11 is 21.4. The van der Waals surface area contributed by atoms with E-state index >= 15 is 0 Å². The normalized spacial score (nSPS) is 10.7. The molecule has 0 unspecified atom stereocenters. The Morgan fingerprint density at radius 1 is 1.02 bits per heavy atom. The number of benzene rings is 3. The van der Waals surface area contributed by atoms with Gasteiger partial charge in [-0.15, -0.1) is 0 Å². The fourth-order valence-corrected chi connectivity index (χ4v) is 5.55. The molecule has 0 radical (unpaired) electrons. The molecule has 0 bridgehead atoms. The average Bonchev–Trinajstić information content (AvgIpc) is 3.63. The van der Waals surface area contributed by atoms with E-state index in [1.54, 1.807) is 52.3 Å². The predicted octanol–water partition coefficient (Wildman–Crippen LogP) is 8.40. The highest BCUT2D eigenvalue weighted by Gasteiger charge is 2.16. The second kappa shape index (κ2) is 14.7. The van der Waals surface area contributed by atoms with Crippen LogP contribution < -0.4 is 4.74 Å². The van der Waals surface area contributed by atoms with Gasteiger partial charge in [0.05, 0.1) is 33.4 Å².